The Morgan fingerprint density at radius 2 is 1.63 bits per heavy atom. The van der Waals surface area contributed by atoms with Crippen molar-refractivity contribution in [3.05, 3.63) is 71.4 Å². The highest BCUT2D eigenvalue weighted by molar-refractivity contribution is 5.88. The molecule has 12 unspecified atom stereocenters. The van der Waals surface area contributed by atoms with E-state index in [0.29, 0.717) is 6.42 Å². The van der Waals surface area contributed by atoms with E-state index in [1.165, 1.54) is 19.1 Å². The zero-order valence-corrected chi connectivity index (χ0v) is 32.9. The number of hydrogen-bond acceptors (Lipinski definition) is 16. The Morgan fingerprint density at radius 1 is 0.895 bits per heavy atom. The summed E-state index contributed by atoms with van der Waals surface area (Å²) >= 11 is 0. The predicted molar refractivity (Wildman–Crippen MR) is 204 cm³/mol. The first-order valence-electron chi connectivity index (χ1n) is 19.4. The standard InChI is InChI=1S/C41H60O16/c1-5-7-8-9-10-11-12-17-31(47)53-22-30-33(48)34(49)35(50)41(55-30)57-37-29(21-43)54-38(32-25(20-42)18-26(44)19-28(32)46)36(51)39(37)56-40(52)24(4)15-13-14-16-27(45)23(3)6-2/h10-15,17-19,23,27,29-30,33-39,41-46,48-51H,5-9,16,20-22H2,1-4H3. The molecule has 2 saturated heterocycles. The molecular weight excluding hydrogens is 748 g/mol. The number of benzene rings is 1. The van der Waals surface area contributed by atoms with Crippen LogP contribution in [0, 0.1) is 5.92 Å². The lowest BCUT2D eigenvalue weighted by Gasteiger charge is -2.47. The van der Waals surface area contributed by atoms with Gasteiger partial charge in [-0.25, -0.2) is 9.59 Å². The van der Waals surface area contributed by atoms with Gasteiger partial charge in [-0.05, 0) is 43.7 Å². The Kier molecular flexibility index (Phi) is 19.8. The maximum absolute atomic E-state index is 13.5. The van der Waals surface area contributed by atoms with Crippen LogP contribution in [0.5, 0.6) is 11.5 Å². The average molecular weight is 809 g/mol. The zero-order chi connectivity index (χ0) is 42.2. The number of phenols is 2. The maximum Gasteiger partial charge on any atom is 0.334 e. The van der Waals surface area contributed by atoms with E-state index in [9.17, 15) is 55.5 Å². The van der Waals surface area contributed by atoms with Crippen molar-refractivity contribution < 1.29 is 79.2 Å². The molecule has 2 fully saturated rings. The van der Waals surface area contributed by atoms with E-state index in [0.717, 1.165) is 50.3 Å². The monoisotopic (exact) mass is 808 g/mol. The van der Waals surface area contributed by atoms with Gasteiger partial charge in [-0.15, -0.1) is 0 Å². The number of esters is 2. The topological polar surface area (TPSA) is 262 Å². The second-order valence-corrected chi connectivity index (χ2v) is 14.3. The van der Waals surface area contributed by atoms with Crippen LogP contribution in [0.2, 0.25) is 0 Å². The normalized spacial score (nSPS) is 29.6. The molecule has 0 aliphatic carbocycles. The maximum atomic E-state index is 13.5. The molecule has 0 aromatic heterocycles. The molecule has 3 rings (SSSR count). The number of phenolic OH excluding ortho intramolecular Hbond substituents is 2. The highest BCUT2D eigenvalue weighted by atomic mass is 16.7. The van der Waals surface area contributed by atoms with Gasteiger partial charge < -0.3 is 69.6 Å². The molecular formula is C41H60O16. The number of carbonyl (C=O) groups excluding carboxylic acids is 2. The molecule has 12 atom stereocenters. The van der Waals surface area contributed by atoms with Gasteiger partial charge in [0.15, 0.2) is 12.4 Å². The Balaban J connectivity index is 1.89. The van der Waals surface area contributed by atoms with Crippen LogP contribution in [-0.2, 0) is 39.9 Å². The molecule has 2 aliphatic rings. The summed E-state index contributed by atoms with van der Waals surface area (Å²) in [5.74, 6) is -2.70. The third-order valence-corrected chi connectivity index (χ3v) is 10.1. The highest BCUT2D eigenvalue weighted by Gasteiger charge is 2.53. The first kappa shape index (κ1) is 47.7. The number of hydrogen-bond donors (Lipinski definition) is 9. The summed E-state index contributed by atoms with van der Waals surface area (Å²) in [7, 11) is 0. The van der Waals surface area contributed by atoms with Gasteiger partial charge in [0.1, 0.15) is 66.9 Å². The van der Waals surface area contributed by atoms with Gasteiger partial charge >= 0.3 is 11.9 Å². The minimum Gasteiger partial charge on any atom is -0.508 e. The quantitative estimate of drug-likeness (QED) is 0.0395. The summed E-state index contributed by atoms with van der Waals surface area (Å²) in [5.41, 5.74) is -0.208. The number of carbonyl (C=O) groups is 2. The van der Waals surface area contributed by atoms with Crippen LogP contribution in [-0.4, -0.2) is 132 Å². The molecule has 9 N–H and O–H groups in total. The molecule has 0 bridgehead atoms. The highest BCUT2D eigenvalue weighted by Crippen LogP contribution is 2.42. The SMILES string of the molecule is CCCCCC=CC=CC(=O)OCC1OC(OC2C(CO)OC(c3c(O)cc(O)cc3CO)C(O)C2OC(=O)C(C)=CC=CCC(O)C(C)CC)C(O)C(O)C1O. The van der Waals surface area contributed by atoms with Crippen LogP contribution < -0.4 is 0 Å². The number of allylic oxidation sites excluding steroid dienone is 5. The number of unbranched alkanes of at least 4 members (excludes halogenated alkanes) is 3. The van der Waals surface area contributed by atoms with Crippen molar-refractivity contribution in [2.45, 2.75) is 140 Å². The minimum absolute atomic E-state index is 0.0396. The van der Waals surface area contributed by atoms with Gasteiger partial charge in [0.2, 0.25) is 0 Å². The van der Waals surface area contributed by atoms with E-state index in [4.69, 9.17) is 23.7 Å². The molecule has 0 radical (unpaired) electrons. The lowest BCUT2D eigenvalue weighted by atomic mass is 9.88. The number of rotatable bonds is 20. The fraction of sp³-hybridized carbons (Fsp3) is 0.610. The lowest BCUT2D eigenvalue weighted by Crippen LogP contribution is -2.64. The van der Waals surface area contributed by atoms with E-state index in [2.05, 4.69) is 6.92 Å². The van der Waals surface area contributed by atoms with Crippen LogP contribution in [0.1, 0.15) is 83.5 Å². The molecule has 1 aromatic rings. The van der Waals surface area contributed by atoms with Gasteiger partial charge in [-0.1, -0.05) is 76.5 Å². The smallest absolute Gasteiger partial charge is 0.334 e. The largest absolute Gasteiger partial charge is 0.508 e. The summed E-state index contributed by atoms with van der Waals surface area (Å²) in [6.45, 7) is 5.21. The molecule has 1 aromatic carbocycles. The van der Waals surface area contributed by atoms with Crippen molar-refractivity contribution >= 4 is 11.9 Å². The Labute approximate surface area is 332 Å². The number of aromatic hydroxyl groups is 2. The third-order valence-electron chi connectivity index (χ3n) is 10.1. The Hall–Kier alpha value is -3.68. The number of aliphatic hydroxyl groups is 7. The number of ether oxygens (including phenoxy) is 5. The van der Waals surface area contributed by atoms with Crippen molar-refractivity contribution in [3.63, 3.8) is 0 Å². The molecule has 16 heteroatoms. The van der Waals surface area contributed by atoms with Crippen molar-refractivity contribution in [3.8, 4) is 11.5 Å². The van der Waals surface area contributed by atoms with E-state index in [1.807, 2.05) is 19.9 Å². The third kappa shape index (κ3) is 13.4. The first-order chi connectivity index (χ1) is 27.2. The fourth-order valence-electron chi connectivity index (χ4n) is 6.33. The van der Waals surface area contributed by atoms with Gasteiger partial charge in [0, 0.05) is 23.3 Å². The van der Waals surface area contributed by atoms with Crippen molar-refractivity contribution in [1.82, 2.24) is 0 Å². The van der Waals surface area contributed by atoms with Gasteiger partial charge in [-0.3, -0.25) is 0 Å². The van der Waals surface area contributed by atoms with Crippen LogP contribution in [0.3, 0.4) is 0 Å². The molecule has 16 nitrogen and oxygen atoms in total. The average Bonchev–Trinajstić information content (AvgIpc) is 3.19. The zero-order valence-electron chi connectivity index (χ0n) is 32.9. The Morgan fingerprint density at radius 3 is 2.30 bits per heavy atom. The van der Waals surface area contributed by atoms with Crippen LogP contribution >= 0.6 is 0 Å². The van der Waals surface area contributed by atoms with Crippen LogP contribution in [0.25, 0.3) is 0 Å². The summed E-state index contributed by atoms with van der Waals surface area (Å²) in [6.07, 6.45) is -1.90. The molecule has 320 valence electrons. The molecule has 0 spiro atoms. The molecule has 0 amide bonds. The van der Waals surface area contributed by atoms with E-state index in [1.54, 1.807) is 18.2 Å². The van der Waals surface area contributed by atoms with Crippen LogP contribution in [0.15, 0.2) is 60.2 Å². The fourth-order valence-corrected chi connectivity index (χ4v) is 6.33. The van der Waals surface area contributed by atoms with E-state index in [-0.39, 0.29) is 22.6 Å². The second-order valence-electron chi connectivity index (χ2n) is 14.3. The lowest BCUT2D eigenvalue weighted by molar-refractivity contribution is -0.343. The summed E-state index contributed by atoms with van der Waals surface area (Å²) < 4.78 is 28.6. The van der Waals surface area contributed by atoms with Gasteiger partial charge in [0.25, 0.3) is 0 Å². The van der Waals surface area contributed by atoms with Crippen molar-refractivity contribution in [1.29, 1.82) is 0 Å². The van der Waals surface area contributed by atoms with Crippen molar-refractivity contribution in [2.24, 2.45) is 5.92 Å². The van der Waals surface area contributed by atoms with E-state index < -0.39 is 111 Å². The van der Waals surface area contributed by atoms with Crippen LogP contribution in [0.4, 0.5) is 0 Å². The summed E-state index contributed by atoms with van der Waals surface area (Å²) in [6, 6.07) is 2.06. The molecule has 57 heavy (non-hydrogen) atoms. The predicted octanol–water partition coefficient (Wildman–Crippen LogP) is 2.02. The first-order valence-corrected chi connectivity index (χ1v) is 19.4. The van der Waals surface area contributed by atoms with Crippen molar-refractivity contribution in [2.75, 3.05) is 13.2 Å². The Bertz CT molecular complexity index is 1540. The van der Waals surface area contributed by atoms with Gasteiger partial charge in [-0.2, -0.15) is 0 Å². The summed E-state index contributed by atoms with van der Waals surface area (Å²) in [5, 5.41) is 95.7. The van der Waals surface area contributed by atoms with Gasteiger partial charge in [0.05, 0.1) is 19.3 Å². The minimum atomic E-state index is -1.95. The molecule has 2 heterocycles. The molecule has 2 aliphatic heterocycles. The molecule has 0 saturated carbocycles. The number of aliphatic hydroxyl groups excluding tert-OH is 7. The van der Waals surface area contributed by atoms with E-state index >= 15 is 0 Å². The summed E-state index contributed by atoms with van der Waals surface area (Å²) in [4.78, 5) is 25.9. The second kappa shape index (κ2) is 23.7.